The monoisotopic (exact) mass is 424 g/mol. The molecule has 1 aliphatic rings. The van der Waals surface area contributed by atoms with E-state index in [9.17, 15) is 13.6 Å². The average molecular weight is 424 g/mol. The predicted molar refractivity (Wildman–Crippen MR) is 113 cm³/mol. The van der Waals surface area contributed by atoms with E-state index < -0.39 is 11.6 Å². The first-order valence-corrected chi connectivity index (χ1v) is 10.1. The molecule has 8 heteroatoms. The minimum Gasteiger partial charge on any atom is -0.436 e. The van der Waals surface area contributed by atoms with E-state index in [1.54, 1.807) is 12.4 Å². The molecule has 0 atom stereocenters. The second-order valence-corrected chi connectivity index (χ2v) is 7.51. The molecule has 1 saturated heterocycles. The summed E-state index contributed by atoms with van der Waals surface area (Å²) in [5.74, 6) is -0.272. The van der Waals surface area contributed by atoms with Gasteiger partial charge in [0.25, 0.3) is 5.88 Å². The molecular weight excluding hydrogens is 402 g/mol. The molecule has 1 fully saturated rings. The van der Waals surface area contributed by atoms with Gasteiger partial charge in [-0.2, -0.15) is 0 Å². The summed E-state index contributed by atoms with van der Waals surface area (Å²) in [6, 6.07) is 10.6. The number of rotatable bonds is 5. The fourth-order valence-electron chi connectivity index (χ4n) is 3.55. The SMILES string of the molecule is Cc1ccc(Oc2nccnc2N2CCC(C(=O)Nc3cc(F)cc(F)c3)CC2)cc1. The molecule has 0 saturated carbocycles. The predicted octanol–water partition coefficient (Wildman–Crippen LogP) is 4.71. The number of ether oxygens (including phenoxy) is 1. The number of halogens is 2. The van der Waals surface area contributed by atoms with E-state index in [1.165, 1.54) is 0 Å². The molecular formula is C23H22F2N4O2. The van der Waals surface area contributed by atoms with Crippen molar-refractivity contribution in [2.45, 2.75) is 19.8 Å². The van der Waals surface area contributed by atoms with Crippen LogP contribution in [0.5, 0.6) is 11.6 Å². The third-order valence-corrected chi connectivity index (χ3v) is 5.18. The quantitative estimate of drug-likeness (QED) is 0.643. The van der Waals surface area contributed by atoms with Crippen LogP contribution >= 0.6 is 0 Å². The topological polar surface area (TPSA) is 67.4 Å². The summed E-state index contributed by atoms with van der Waals surface area (Å²) >= 11 is 0. The summed E-state index contributed by atoms with van der Waals surface area (Å²) in [5, 5.41) is 2.61. The average Bonchev–Trinajstić information content (AvgIpc) is 2.75. The number of nitrogens with one attached hydrogen (secondary N) is 1. The number of nitrogens with zero attached hydrogens (tertiary/aromatic N) is 3. The number of hydrogen-bond acceptors (Lipinski definition) is 5. The van der Waals surface area contributed by atoms with E-state index in [2.05, 4.69) is 15.3 Å². The van der Waals surface area contributed by atoms with E-state index in [0.29, 0.717) is 43.4 Å². The van der Waals surface area contributed by atoms with Crippen molar-refractivity contribution in [2.24, 2.45) is 5.92 Å². The van der Waals surface area contributed by atoms with Crippen molar-refractivity contribution in [3.05, 3.63) is 72.1 Å². The van der Waals surface area contributed by atoms with Gasteiger partial charge in [-0.3, -0.25) is 4.79 Å². The number of carbonyl (C=O) groups is 1. The smallest absolute Gasteiger partial charge is 0.263 e. The molecule has 0 aliphatic carbocycles. The van der Waals surface area contributed by atoms with Crippen LogP contribution in [-0.4, -0.2) is 29.0 Å². The van der Waals surface area contributed by atoms with Crippen LogP contribution in [-0.2, 0) is 4.79 Å². The Labute approximate surface area is 178 Å². The Morgan fingerprint density at radius 2 is 1.68 bits per heavy atom. The zero-order valence-corrected chi connectivity index (χ0v) is 17.0. The maximum absolute atomic E-state index is 13.4. The highest BCUT2D eigenvalue weighted by molar-refractivity contribution is 5.92. The van der Waals surface area contributed by atoms with Crippen LogP contribution < -0.4 is 15.0 Å². The number of amides is 1. The van der Waals surface area contributed by atoms with Gasteiger partial charge >= 0.3 is 0 Å². The molecule has 4 rings (SSSR count). The summed E-state index contributed by atoms with van der Waals surface area (Å²) in [6.45, 7) is 3.17. The van der Waals surface area contributed by atoms with E-state index in [1.807, 2.05) is 36.1 Å². The lowest BCUT2D eigenvalue weighted by Gasteiger charge is -2.32. The minimum absolute atomic E-state index is 0.118. The molecule has 1 aromatic heterocycles. The first-order chi connectivity index (χ1) is 15.0. The number of carbonyl (C=O) groups excluding carboxylic acids is 1. The Morgan fingerprint density at radius 3 is 2.35 bits per heavy atom. The van der Waals surface area contributed by atoms with Gasteiger partial charge in [-0.25, -0.2) is 18.7 Å². The molecule has 1 N–H and O–H groups in total. The van der Waals surface area contributed by atoms with Crippen LogP contribution in [0.25, 0.3) is 0 Å². The number of benzene rings is 2. The first-order valence-electron chi connectivity index (χ1n) is 10.1. The summed E-state index contributed by atoms with van der Waals surface area (Å²) < 4.78 is 32.6. The zero-order chi connectivity index (χ0) is 21.8. The van der Waals surface area contributed by atoms with Crippen LogP contribution in [0.15, 0.2) is 54.9 Å². The highest BCUT2D eigenvalue weighted by atomic mass is 19.1. The Kier molecular flexibility index (Phi) is 6.06. The first kappa shape index (κ1) is 20.7. The summed E-state index contributed by atoms with van der Waals surface area (Å²) in [4.78, 5) is 23.3. The highest BCUT2D eigenvalue weighted by Crippen LogP contribution is 2.31. The lowest BCUT2D eigenvalue weighted by molar-refractivity contribution is -0.120. The molecule has 0 radical (unpaired) electrons. The van der Waals surface area contributed by atoms with Crippen molar-refractivity contribution < 1.29 is 18.3 Å². The van der Waals surface area contributed by atoms with E-state index >= 15 is 0 Å². The molecule has 2 aromatic carbocycles. The molecule has 0 unspecified atom stereocenters. The van der Waals surface area contributed by atoms with E-state index in [0.717, 1.165) is 23.8 Å². The molecule has 31 heavy (non-hydrogen) atoms. The number of aromatic nitrogens is 2. The van der Waals surface area contributed by atoms with Crippen LogP contribution in [0, 0.1) is 24.5 Å². The lowest BCUT2D eigenvalue weighted by atomic mass is 9.96. The molecule has 1 amide bonds. The van der Waals surface area contributed by atoms with Crippen molar-refractivity contribution in [1.82, 2.24) is 9.97 Å². The van der Waals surface area contributed by atoms with Crippen LogP contribution in [0.3, 0.4) is 0 Å². The molecule has 2 heterocycles. The normalized spacial score (nSPS) is 14.4. The van der Waals surface area contributed by atoms with E-state index in [-0.39, 0.29) is 17.5 Å². The second-order valence-electron chi connectivity index (χ2n) is 7.51. The fraction of sp³-hybridized carbons (Fsp3) is 0.261. The van der Waals surface area contributed by atoms with Crippen LogP contribution in [0.1, 0.15) is 18.4 Å². The maximum atomic E-state index is 13.4. The van der Waals surface area contributed by atoms with Crippen molar-refractivity contribution in [3.8, 4) is 11.6 Å². The van der Waals surface area contributed by atoms with Crippen molar-refractivity contribution in [1.29, 1.82) is 0 Å². The van der Waals surface area contributed by atoms with Crippen molar-refractivity contribution in [2.75, 3.05) is 23.3 Å². The van der Waals surface area contributed by atoms with Crippen molar-refractivity contribution in [3.63, 3.8) is 0 Å². The van der Waals surface area contributed by atoms with Crippen LogP contribution in [0.2, 0.25) is 0 Å². The zero-order valence-electron chi connectivity index (χ0n) is 17.0. The highest BCUT2D eigenvalue weighted by Gasteiger charge is 2.27. The van der Waals surface area contributed by atoms with E-state index in [4.69, 9.17) is 4.74 Å². The molecule has 0 bridgehead atoms. The fourth-order valence-corrected chi connectivity index (χ4v) is 3.55. The lowest BCUT2D eigenvalue weighted by Crippen LogP contribution is -2.38. The van der Waals surface area contributed by atoms with Gasteiger partial charge in [0.05, 0.1) is 0 Å². The number of anilines is 2. The van der Waals surface area contributed by atoms with Crippen LogP contribution in [0.4, 0.5) is 20.3 Å². The Bertz CT molecular complexity index is 1050. The third-order valence-electron chi connectivity index (χ3n) is 5.18. The largest absolute Gasteiger partial charge is 0.436 e. The number of hydrogen-bond donors (Lipinski definition) is 1. The van der Waals surface area contributed by atoms with Gasteiger partial charge in [-0.15, -0.1) is 0 Å². The summed E-state index contributed by atoms with van der Waals surface area (Å²) in [7, 11) is 0. The van der Waals surface area contributed by atoms with Gasteiger partial charge in [-0.1, -0.05) is 17.7 Å². The van der Waals surface area contributed by atoms with Gasteiger partial charge in [0, 0.05) is 43.2 Å². The standard InChI is InChI=1S/C23H22F2N4O2/c1-15-2-4-20(5-3-15)31-23-21(26-8-9-27-23)29-10-6-16(7-11-29)22(30)28-19-13-17(24)12-18(25)14-19/h2-5,8-9,12-14,16H,6-7,10-11H2,1H3,(H,28,30). The number of aryl methyl sites for hydroxylation is 1. The van der Waals surface area contributed by atoms with Gasteiger partial charge in [0.2, 0.25) is 5.91 Å². The summed E-state index contributed by atoms with van der Waals surface area (Å²) in [5.41, 5.74) is 1.25. The second kappa shape index (κ2) is 9.07. The third kappa shape index (κ3) is 5.14. The molecule has 6 nitrogen and oxygen atoms in total. The Morgan fingerprint density at radius 1 is 1.03 bits per heavy atom. The Hall–Kier alpha value is -3.55. The maximum Gasteiger partial charge on any atom is 0.263 e. The number of piperidine rings is 1. The van der Waals surface area contributed by atoms with Gasteiger partial charge in [0.15, 0.2) is 5.82 Å². The van der Waals surface area contributed by atoms with Gasteiger partial charge < -0.3 is 15.0 Å². The van der Waals surface area contributed by atoms with Gasteiger partial charge in [-0.05, 0) is 44.0 Å². The minimum atomic E-state index is -0.728. The molecule has 3 aromatic rings. The summed E-state index contributed by atoms with van der Waals surface area (Å²) in [6.07, 6.45) is 4.33. The molecule has 1 aliphatic heterocycles. The molecule has 160 valence electrons. The van der Waals surface area contributed by atoms with Crippen molar-refractivity contribution >= 4 is 17.4 Å². The Balaban J connectivity index is 1.39. The van der Waals surface area contributed by atoms with Gasteiger partial charge in [0.1, 0.15) is 17.4 Å². The molecule has 0 spiro atoms.